The summed E-state index contributed by atoms with van der Waals surface area (Å²) in [5, 5.41) is 0. The van der Waals surface area contributed by atoms with E-state index in [2.05, 4.69) is 11.1 Å². The Labute approximate surface area is 161 Å². The van der Waals surface area contributed by atoms with Crippen molar-refractivity contribution in [3.63, 3.8) is 0 Å². The Morgan fingerprint density at radius 2 is 1.93 bits per heavy atom. The molecule has 5 nitrogen and oxygen atoms in total. The standard InChI is InChI=1S/C22H29NO4/c1-24-20-10-9-18(15-21(20)25-2)19-11-12-22(27-19)26-14-5-3-4-7-17-8-6-13-23-16-17/h6,8-10,13,15-16,19,22H,3-5,7,11-12,14H2,1-2H3. The van der Waals surface area contributed by atoms with Crippen molar-refractivity contribution < 1.29 is 18.9 Å². The minimum absolute atomic E-state index is 0.0559. The molecular weight excluding hydrogens is 342 g/mol. The van der Waals surface area contributed by atoms with Crippen LogP contribution in [0.2, 0.25) is 0 Å². The van der Waals surface area contributed by atoms with Gasteiger partial charge in [-0.25, -0.2) is 0 Å². The molecule has 2 atom stereocenters. The molecule has 1 saturated heterocycles. The summed E-state index contributed by atoms with van der Waals surface area (Å²) >= 11 is 0. The fourth-order valence-electron chi connectivity index (χ4n) is 3.40. The number of benzene rings is 1. The Morgan fingerprint density at radius 3 is 2.70 bits per heavy atom. The fraction of sp³-hybridized carbons (Fsp3) is 0.500. The highest BCUT2D eigenvalue weighted by molar-refractivity contribution is 5.43. The van der Waals surface area contributed by atoms with E-state index in [1.54, 1.807) is 14.2 Å². The first kappa shape index (κ1) is 19.6. The minimum Gasteiger partial charge on any atom is -0.493 e. The quantitative estimate of drug-likeness (QED) is 0.566. The Morgan fingerprint density at radius 1 is 1.04 bits per heavy atom. The molecule has 1 aliphatic heterocycles. The highest BCUT2D eigenvalue weighted by Gasteiger charge is 2.27. The molecule has 0 amide bonds. The lowest BCUT2D eigenvalue weighted by molar-refractivity contribution is -0.135. The van der Waals surface area contributed by atoms with E-state index in [1.165, 1.54) is 5.56 Å². The molecule has 0 radical (unpaired) electrons. The highest BCUT2D eigenvalue weighted by atomic mass is 16.7. The summed E-state index contributed by atoms with van der Waals surface area (Å²) in [4.78, 5) is 4.15. The molecule has 0 N–H and O–H groups in total. The van der Waals surface area contributed by atoms with Gasteiger partial charge in [-0.15, -0.1) is 0 Å². The molecule has 3 rings (SSSR count). The van der Waals surface area contributed by atoms with Crippen LogP contribution in [-0.2, 0) is 15.9 Å². The van der Waals surface area contributed by atoms with Crippen LogP contribution in [0.4, 0.5) is 0 Å². The molecule has 1 aromatic carbocycles. The number of pyridine rings is 1. The number of hydrogen-bond acceptors (Lipinski definition) is 5. The van der Waals surface area contributed by atoms with Crippen molar-refractivity contribution in [3.05, 3.63) is 53.9 Å². The molecule has 0 aliphatic carbocycles. The van der Waals surface area contributed by atoms with Gasteiger partial charge in [0.15, 0.2) is 17.8 Å². The number of nitrogens with zero attached hydrogens (tertiary/aromatic N) is 1. The summed E-state index contributed by atoms with van der Waals surface area (Å²) in [6, 6.07) is 10.1. The van der Waals surface area contributed by atoms with Crippen molar-refractivity contribution in [2.24, 2.45) is 0 Å². The van der Waals surface area contributed by atoms with E-state index in [9.17, 15) is 0 Å². The second-order valence-electron chi connectivity index (χ2n) is 6.79. The molecule has 0 saturated carbocycles. The number of unbranched alkanes of at least 4 members (excludes halogenated alkanes) is 2. The van der Waals surface area contributed by atoms with Crippen molar-refractivity contribution >= 4 is 0 Å². The maximum absolute atomic E-state index is 6.07. The van der Waals surface area contributed by atoms with E-state index in [0.29, 0.717) is 0 Å². The van der Waals surface area contributed by atoms with Gasteiger partial charge in [0.05, 0.1) is 20.3 Å². The van der Waals surface area contributed by atoms with Gasteiger partial charge in [-0.1, -0.05) is 18.6 Å². The number of rotatable bonds is 10. The highest BCUT2D eigenvalue weighted by Crippen LogP contribution is 2.37. The average molecular weight is 371 g/mol. The summed E-state index contributed by atoms with van der Waals surface area (Å²) in [6.07, 6.45) is 10.0. The maximum Gasteiger partial charge on any atom is 0.161 e. The van der Waals surface area contributed by atoms with Gasteiger partial charge < -0.3 is 18.9 Å². The molecule has 146 valence electrons. The number of methoxy groups -OCH3 is 2. The van der Waals surface area contributed by atoms with Gasteiger partial charge in [-0.3, -0.25) is 4.98 Å². The first-order valence-electron chi connectivity index (χ1n) is 9.68. The predicted octanol–water partition coefficient (Wildman–Crippen LogP) is 4.71. The summed E-state index contributed by atoms with van der Waals surface area (Å²) in [7, 11) is 3.29. The smallest absolute Gasteiger partial charge is 0.161 e. The van der Waals surface area contributed by atoms with Gasteiger partial charge in [0.2, 0.25) is 0 Å². The van der Waals surface area contributed by atoms with Crippen LogP contribution in [0.5, 0.6) is 11.5 Å². The zero-order chi connectivity index (χ0) is 18.9. The van der Waals surface area contributed by atoms with Crippen LogP contribution >= 0.6 is 0 Å². The van der Waals surface area contributed by atoms with Crippen LogP contribution in [0, 0.1) is 0 Å². The van der Waals surface area contributed by atoms with Gasteiger partial charge in [0, 0.05) is 25.4 Å². The number of hydrogen-bond donors (Lipinski definition) is 0. The van der Waals surface area contributed by atoms with E-state index in [0.717, 1.165) is 62.2 Å². The first-order chi connectivity index (χ1) is 13.3. The third-order valence-electron chi connectivity index (χ3n) is 4.90. The van der Waals surface area contributed by atoms with E-state index >= 15 is 0 Å². The largest absolute Gasteiger partial charge is 0.493 e. The van der Waals surface area contributed by atoms with Gasteiger partial charge in [0.25, 0.3) is 0 Å². The minimum atomic E-state index is -0.110. The molecule has 5 heteroatoms. The SMILES string of the molecule is COc1ccc(C2CCC(OCCCCCc3cccnc3)O2)cc1OC. The van der Waals surface area contributed by atoms with E-state index in [4.69, 9.17) is 18.9 Å². The predicted molar refractivity (Wildman–Crippen MR) is 104 cm³/mol. The van der Waals surface area contributed by atoms with E-state index < -0.39 is 0 Å². The van der Waals surface area contributed by atoms with Crippen molar-refractivity contribution in [1.29, 1.82) is 0 Å². The molecule has 0 spiro atoms. The van der Waals surface area contributed by atoms with Crippen LogP contribution in [-0.4, -0.2) is 32.1 Å². The average Bonchev–Trinajstić information content (AvgIpc) is 3.19. The second-order valence-corrected chi connectivity index (χ2v) is 6.79. The van der Waals surface area contributed by atoms with Crippen molar-refractivity contribution in [1.82, 2.24) is 4.98 Å². The molecule has 1 aliphatic rings. The summed E-state index contributed by atoms with van der Waals surface area (Å²) in [5.74, 6) is 1.47. The van der Waals surface area contributed by atoms with Crippen molar-refractivity contribution in [2.45, 2.75) is 50.9 Å². The second kappa shape index (κ2) is 10.3. The lowest BCUT2D eigenvalue weighted by atomic mass is 10.1. The van der Waals surface area contributed by atoms with Crippen molar-refractivity contribution in [3.8, 4) is 11.5 Å². The number of aromatic nitrogens is 1. The van der Waals surface area contributed by atoms with Crippen LogP contribution in [0.1, 0.15) is 49.3 Å². The Kier molecular flexibility index (Phi) is 7.48. The molecule has 2 heterocycles. The van der Waals surface area contributed by atoms with Crippen LogP contribution < -0.4 is 9.47 Å². The zero-order valence-corrected chi connectivity index (χ0v) is 16.2. The molecule has 2 unspecified atom stereocenters. The van der Waals surface area contributed by atoms with Gasteiger partial charge >= 0.3 is 0 Å². The molecule has 0 bridgehead atoms. The van der Waals surface area contributed by atoms with Crippen LogP contribution in [0.15, 0.2) is 42.7 Å². The normalized spacial score (nSPS) is 19.2. The number of aryl methyl sites for hydroxylation is 1. The maximum atomic E-state index is 6.07. The van der Waals surface area contributed by atoms with Crippen molar-refractivity contribution in [2.75, 3.05) is 20.8 Å². The first-order valence-corrected chi connectivity index (χ1v) is 9.68. The third kappa shape index (κ3) is 5.68. The van der Waals surface area contributed by atoms with Crippen LogP contribution in [0.3, 0.4) is 0 Å². The summed E-state index contributed by atoms with van der Waals surface area (Å²) < 4.78 is 22.7. The molecule has 2 aromatic rings. The monoisotopic (exact) mass is 371 g/mol. The Bertz CT molecular complexity index is 692. The molecule has 1 aromatic heterocycles. The van der Waals surface area contributed by atoms with Gasteiger partial charge in [0.1, 0.15) is 0 Å². The lowest BCUT2D eigenvalue weighted by Gasteiger charge is -2.16. The molecule has 27 heavy (non-hydrogen) atoms. The number of ether oxygens (including phenoxy) is 4. The Balaban J connectivity index is 1.35. The summed E-state index contributed by atoms with van der Waals surface area (Å²) in [5.41, 5.74) is 2.41. The third-order valence-corrected chi connectivity index (χ3v) is 4.90. The Hall–Kier alpha value is -2.11. The lowest BCUT2D eigenvalue weighted by Crippen LogP contribution is -2.12. The fourth-order valence-corrected chi connectivity index (χ4v) is 3.40. The van der Waals surface area contributed by atoms with Crippen LogP contribution in [0.25, 0.3) is 0 Å². The van der Waals surface area contributed by atoms with E-state index in [1.807, 2.05) is 36.7 Å². The summed E-state index contributed by atoms with van der Waals surface area (Å²) in [6.45, 7) is 0.746. The zero-order valence-electron chi connectivity index (χ0n) is 16.2. The molecule has 1 fully saturated rings. The molecular formula is C22H29NO4. The topological polar surface area (TPSA) is 49.8 Å². The van der Waals surface area contributed by atoms with E-state index in [-0.39, 0.29) is 12.4 Å². The van der Waals surface area contributed by atoms with Gasteiger partial charge in [-0.05, 0) is 55.0 Å². The van der Waals surface area contributed by atoms with Gasteiger partial charge in [-0.2, -0.15) is 0 Å².